The van der Waals surface area contributed by atoms with Crippen molar-refractivity contribution >= 4 is 46.4 Å². The first-order valence-corrected chi connectivity index (χ1v) is 10.5. The van der Waals surface area contributed by atoms with Gasteiger partial charge < -0.3 is 10.6 Å². The summed E-state index contributed by atoms with van der Waals surface area (Å²) in [6.45, 7) is 2.11. The number of carbonyl (C=O) groups is 2. The van der Waals surface area contributed by atoms with Gasteiger partial charge in [-0.05, 0) is 59.2 Å². The summed E-state index contributed by atoms with van der Waals surface area (Å²) in [5.41, 5.74) is 2.26. The highest BCUT2D eigenvalue weighted by molar-refractivity contribution is 7.98. The molecule has 0 radical (unpaired) electrons. The number of anilines is 2. The van der Waals surface area contributed by atoms with Crippen molar-refractivity contribution in [2.75, 3.05) is 16.4 Å². The standard InChI is InChI=1S/C20H19N3O2S2/c1-2-26-13-14-9-10-21-18(12-14)23-19(24)15-5-7-16(8-6-15)22-20(25)17-4-3-11-27-17/h3-12H,2,13H2,1H3,(H,22,25)(H,21,23,24). The van der Waals surface area contributed by atoms with Crippen molar-refractivity contribution in [1.82, 2.24) is 4.98 Å². The molecule has 0 aliphatic carbocycles. The summed E-state index contributed by atoms with van der Waals surface area (Å²) < 4.78 is 0. The minimum atomic E-state index is -0.237. The van der Waals surface area contributed by atoms with Gasteiger partial charge in [0.05, 0.1) is 4.88 Å². The molecule has 0 aliphatic rings. The van der Waals surface area contributed by atoms with Gasteiger partial charge in [0.1, 0.15) is 5.82 Å². The molecule has 0 bridgehead atoms. The van der Waals surface area contributed by atoms with E-state index in [0.717, 1.165) is 17.1 Å². The fourth-order valence-corrected chi connectivity index (χ4v) is 3.58. The van der Waals surface area contributed by atoms with Crippen molar-refractivity contribution in [2.24, 2.45) is 0 Å². The van der Waals surface area contributed by atoms with Gasteiger partial charge in [-0.3, -0.25) is 9.59 Å². The molecule has 2 N–H and O–H groups in total. The van der Waals surface area contributed by atoms with Gasteiger partial charge in [0.2, 0.25) is 0 Å². The number of carbonyl (C=O) groups excluding carboxylic acids is 2. The smallest absolute Gasteiger partial charge is 0.265 e. The van der Waals surface area contributed by atoms with E-state index in [0.29, 0.717) is 21.9 Å². The summed E-state index contributed by atoms with van der Waals surface area (Å²) in [5, 5.41) is 7.48. The average Bonchev–Trinajstić information content (AvgIpc) is 3.22. The summed E-state index contributed by atoms with van der Waals surface area (Å²) in [7, 11) is 0. The topological polar surface area (TPSA) is 71.1 Å². The molecule has 0 saturated carbocycles. The van der Waals surface area contributed by atoms with E-state index in [2.05, 4.69) is 22.5 Å². The van der Waals surface area contributed by atoms with Crippen LogP contribution < -0.4 is 10.6 Å². The number of thiophene rings is 1. The van der Waals surface area contributed by atoms with E-state index in [4.69, 9.17) is 0 Å². The van der Waals surface area contributed by atoms with Crippen LogP contribution in [-0.2, 0) is 5.75 Å². The van der Waals surface area contributed by atoms with Gasteiger partial charge in [-0.1, -0.05) is 13.0 Å². The summed E-state index contributed by atoms with van der Waals surface area (Å²) >= 11 is 3.20. The lowest BCUT2D eigenvalue weighted by Gasteiger charge is -2.08. The molecule has 27 heavy (non-hydrogen) atoms. The van der Waals surface area contributed by atoms with Gasteiger partial charge in [0, 0.05) is 23.2 Å². The Morgan fingerprint density at radius 1 is 1.07 bits per heavy atom. The van der Waals surface area contributed by atoms with Crippen LogP contribution in [0.3, 0.4) is 0 Å². The molecule has 3 aromatic rings. The molecular weight excluding hydrogens is 378 g/mol. The lowest BCUT2D eigenvalue weighted by molar-refractivity contribution is 0.102. The van der Waals surface area contributed by atoms with Crippen molar-refractivity contribution in [3.63, 3.8) is 0 Å². The Hall–Kier alpha value is -2.64. The molecule has 5 nitrogen and oxygen atoms in total. The lowest BCUT2D eigenvalue weighted by atomic mass is 10.2. The largest absolute Gasteiger partial charge is 0.321 e. The van der Waals surface area contributed by atoms with Crippen LogP contribution in [0.4, 0.5) is 11.5 Å². The number of aromatic nitrogens is 1. The second kappa shape index (κ2) is 9.34. The van der Waals surface area contributed by atoms with Crippen LogP contribution >= 0.6 is 23.1 Å². The molecule has 0 unspecified atom stereocenters. The van der Waals surface area contributed by atoms with Crippen LogP contribution in [0.2, 0.25) is 0 Å². The molecule has 2 aromatic heterocycles. The number of nitrogens with zero attached hydrogens (tertiary/aromatic N) is 1. The number of thioether (sulfide) groups is 1. The Labute approximate surface area is 166 Å². The minimum Gasteiger partial charge on any atom is -0.321 e. The molecule has 0 aliphatic heterocycles. The quantitative estimate of drug-likeness (QED) is 0.595. The Bertz CT molecular complexity index is 909. The lowest BCUT2D eigenvalue weighted by Crippen LogP contribution is -2.14. The molecule has 3 rings (SSSR count). The molecule has 2 heterocycles. The zero-order chi connectivity index (χ0) is 19.1. The third kappa shape index (κ3) is 5.42. The van der Waals surface area contributed by atoms with Crippen LogP contribution in [0, 0.1) is 0 Å². The molecule has 0 saturated heterocycles. The van der Waals surface area contributed by atoms with Gasteiger partial charge in [-0.25, -0.2) is 4.98 Å². The predicted octanol–water partition coefficient (Wildman–Crippen LogP) is 4.90. The SMILES string of the molecule is CCSCc1ccnc(NC(=O)c2ccc(NC(=O)c3cccs3)cc2)c1. The Morgan fingerprint density at radius 2 is 1.89 bits per heavy atom. The molecule has 0 fully saturated rings. The Kier molecular flexibility index (Phi) is 6.62. The number of benzene rings is 1. The van der Waals surface area contributed by atoms with E-state index in [-0.39, 0.29) is 11.8 Å². The maximum Gasteiger partial charge on any atom is 0.265 e. The average molecular weight is 398 g/mol. The molecule has 2 amide bonds. The van der Waals surface area contributed by atoms with Crippen molar-refractivity contribution < 1.29 is 9.59 Å². The monoisotopic (exact) mass is 397 g/mol. The maximum atomic E-state index is 12.4. The summed E-state index contributed by atoms with van der Waals surface area (Å²) in [5.74, 6) is 2.07. The highest BCUT2D eigenvalue weighted by Crippen LogP contribution is 2.17. The van der Waals surface area contributed by atoms with E-state index in [1.807, 2.05) is 35.3 Å². The zero-order valence-corrected chi connectivity index (χ0v) is 16.4. The highest BCUT2D eigenvalue weighted by atomic mass is 32.2. The van der Waals surface area contributed by atoms with Crippen molar-refractivity contribution in [1.29, 1.82) is 0 Å². The number of amides is 2. The fraction of sp³-hybridized carbons (Fsp3) is 0.150. The predicted molar refractivity (Wildman–Crippen MR) is 113 cm³/mol. The van der Waals surface area contributed by atoms with E-state index in [9.17, 15) is 9.59 Å². The molecule has 7 heteroatoms. The second-order valence-electron chi connectivity index (χ2n) is 5.65. The second-order valence-corrected chi connectivity index (χ2v) is 7.87. The third-order valence-corrected chi connectivity index (χ3v) is 5.50. The van der Waals surface area contributed by atoms with E-state index >= 15 is 0 Å². The van der Waals surface area contributed by atoms with Crippen molar-refractivity contribution in [2.45, 2.75) is 12.7 Å². The summed E-state index contributed by atoms with van der Waals surface area (Å²) in [6, 6.07) is 14.2. The zero-order valence-electron chi connectivity index (χ0n) is 14.8. The van der Waals surface area contributed by atoms with Crippen LogP contribution in [0.25, 0.3) is 0 Å². The van der Waals surface area contributed by atoms with Gasteiger partial charge in [0.25, 0.3) is 11.8 Å². The molecule has 0 spiro atoms. The first-order valence-electron chi connectivity index (χ1n) is 8.44. The highest BCUT2D eigenvalue weighted by Gasteiger charge is 2.10. The van der Waals surface area contributed by atoms with Gasteiger partial charge in [-0.15, -0.1) is 11.3 Å². The van der Waals surface area contributed by atoms with Gasteiger partial charge in [0.15, 0.2) is 0 Å². The maximum absolute atomic E-state index is 12.4. The molecular formula is C20H19N3O2S2. The summed E-state index contributed by atoms with van der Waals surface area (Å²) in [4.78, 5) is 29.3. The number of hydrogen-bond donors (Lipinski definition) is 2. The van der Waals surface area contributed by atoms with E-state index < -0.39 is 0 Å². The normalized spacial score (nSPS) is 10.4. The minimum absolute atomic E-state index is 0.159. The molecule has 0 atom stereocenters. The Balaban J connectivity index is 1.61. The number of pyridine rings is 1. The van der Waals surface area contributed by atoms with Crippen molar-refractivity contribution in [3.8, 4) is 0 Å². The first kappa shape index (κ1) is 19.1. The molecule has 1 aromatic carbocycles. The van der Waals surface area contributed by atoms with Crippen LogP contribution in [0.5, 0.6) is 0 Å². The first-order chi connectivity index (χ1) is 13.2. The van der Waals surface area contributed by atoms with Crippen LogP contribution in [0.15, 0.2) is 60.1 Å². The number of hydrogen-bond acceptors (Lipinski definition) is 5. The van der Waals surface area contributed by atoms with Crippen LogP contribution in [0.1, 0.15) is 32.5 Å². The van der Waals surface area contributed by atoms with Crippen molar-refractivity contribution in [3.05, 3.63) is 76.1 Å². The summed E-state index contributed by atoms with van der Waals surface area (Å²) in [6.07, 6.45) is 1.70. The van der Waals surface area contributed by atoms with Crippen LogP contribution in [-0.4, -0.2) is 22.6 Å². The Morgan fingerprint density at radius 3 is 2.59 bits per heavy atom. The fourth-order valence-electron chi connectivity index (χ4n) is 2.35. The van der Waals surface area contributed by atoms with E-state index in [1.54, 1.807) is 36.5 Å². The van der Waals surface area contributed by atoms with E-state index in [1.165, 1.54) is 11.3 Å². The third-order valence-electron chi connectivity index (χ3n) is 3.69. The van der Waals surface area contributed by atoms with Gasteiger partial charge in [-0.2, -0.15) is 11.8 Å². The number of nitrogens with one attached hydrogen (secondary N) is 2. The molecule has 138 valence electrons. The number of rotatable bonds is 7. The van der Waals surface area contributed by atoms with Gasteiger partial charge >= 0.3 is 0 Å².